The largest absolute Gasteiger partial charge is 0.367 e. The number of pyridine rings is 2. The lowest BCUT2D eigenvalue weighted by Gasteiger charge is -2.39. The lowest BCUT2D eigenvalue weighted by atomic mass is 9.97. The zero-order valence-corrected chi connectivity index (χ0v) is 17.1. The number of hydrazine groups is 1. The molecule has 5 rings (SSSR count). The highest BCUT2D eigenvalue weighted by Gasteiger charge is 2.43. The summed E-state index contributed by atoms with van der Waals surface area (Å²) in [6, 6.07) is 6.73. The summed E-state index contributed by atoms with van der Waals surface area (Å²) in [4.78, 5) is 23.1. The molecule has 5 atom stereocenters. The minimum Gasteiger partial charge on any atom is -0.367 e. The number of hydrogen-bond acceptors (Lipinski definition) is 7. The van der Waals surface area contributed by atoms with E-state index in [0.29, 0.717) is 6.04 Å². The molecular weight excluding hydrogens is 385 g/mol. The van der Waals surface area contributed by atoms with Crippen molar-refractivity contribution in [3.05, 3.63) is 24.4 Å². The van der Waals surface area contributed by atoms with Crippen LogP contribution in [-0.4, -0.2) is 57.8 Å². The summed E-state index contributed by atoms with van der Waals surface area (Å²) < 4.78 is 13.0. The molecule has 0 radical (unpaired) electrons. The van der Waals surface area contributed by atoms with Crippen LogP contribution in [0.1, 0.15) is 39.0 Å². The smallest absolute Gasteiger partial charge is 0.254 e. The molecule has 9 heteroatoms. The van der Waals surface area contributed by atoms with Crippen molar-refractivity contribution in [3.63, 3.8) is 0 Å². The normalized spacial score (nSPS) is 30.6. The van der Waals surface area contributed by atoms with E-state index < -0.39 is 6.67 Å². The quantitative estimate of drug-likeness (QED) is 0.597. The van der Waals surface area contributed by atoms with Crippen LogP contribution in [0.25, 0.3) is 10.9 Å². The maximum atomic E-state index is 13.0. The molecule has 0 aromatic carbocycles. The van der Waals surface area contributed by atoms with E-state index in [1.807, 2.05) is 18.2 Å². The van der Waals surface area contributed by atoms with Crippen molar-refractivity contribution in [2.45, 2.75) is 69.4 Å². The Balaban J connectivity index is 1.37. The van der Waals surface area contributed by atoms with Gasteiger partial charge in [-0.25, -0.2) is 14.8 Å². The van der Waals surface area contributed by atoms with E-state index in [1.165, 1.54) is 0 Å². The Morgan fingerprint density at radius 3 is 2.73 bits per heavy atom. The Morgan fingerprint density at radius 1 is 1.23 bits per heavy atom. The maximum absolute atomic E-state index is 13.0. The second-order valence-corrected chi connectivity index (χ2v) is 8.68. The van der Waals surface area contributed by atoms with Crippen molar-refractivity contribution in [1.82, 2.24) is 25.7 Å². The van der Waals surface area contributed by atoms with Gasteiger partial charge in [0.15, 0.2) is 6.67 Å². The number of fused-ring (bicyclic) bond motifs is 3. The van der Waals surface area contributed by atoms with Gasteiger partial charge in [0.1, 0.15) is 11.6 Å². The Labute approximate surface area is 175 Å². The average molecular weight is 414 g/mol. The molecule has 30 heavy (non-hydrogen) atoms. The molecule has 0 aliphatic carbocycles. The lowest BCUT2D eigenvalue weighted by Crippen LogP contribution is -2.50. The topological polar surface area (TPSA) is 94.2 Å². The van der Waals surface area contributed by atoms with Gasteiger partial charge in [0, 0.05) is 41.8 Å². The second kappa shape index (κ2) is 7.96. The van der Waals surface area contributed by atoms with Crippen molar-refractivity contribution in [1.29, 1.82) is 0 Å². The van der Waals surface area contributed by atoms with Gasteiger partial charge in [0.05, 0.1) is 11.7 Å². The molecule has 0 saturated carbocycles. The van der Waals surface area contributed by atoms with Crippen molar-refractivity contribution in [3.8, 4) is 0 Å². The van der Waals surface area contributed by atoms with E-state index >= 15 is 0 Å². The number of alkyl halides is 1. The molecule has 3 aliphatic rings. The Morgan fingerprint density at radius 2 is 2.03 bits per heavy atom. The first-order valence-corrected chi connectivity index (χ1v) is 10.8. The summed E-state index contributed by atoms with van der Waals surface area (Å²) in [5, 5.41) is 8.03. The van der Waals surface area contributed by atoms with Gasteiger partial charge in [0.25, 0.3) is 5.91 Å². The average Bonchev–Trinajstić information content (AvgIpc) is 3.27. The van der Waals surface area contributed by atoms with Crippen LogP contribution < -0.4 is 21.5 Å². The standard InChI is InChI=1S/C21H28FN7O/c1-12-7-19(28-27-12)25-18-10-17-16(3-2-6-23-17)21(26-18)24-13-8-14-4-5-15(9-13)29(14)20(30)11-22/h2-3,6,10,12-15,19,27-28H,4-5,7-9,11H2,1H3,(H2,24,25,26)/t12?,13?,14-,15+,19?. The van der Waals surface area contributed by atoms with Crippen molar-refractivity contribution in [2.75, 3.05) is 17.3 Å². The highest BCUT2D eigenvalue weighted by molar-refractivity contribution is 5.91. The number of rotatable bonds is 5. The number of amides is 1. The van der Waals surface area contributed by atoms with Crippen LogP contribution in [0.15, 0.2) is 24.4 Å². The maximum Gasteiger partial charge on any atom is 0.254 e. The molecule has 3 fully saturated rings. The van der Waals surface area contributed by atoms with Crippen LogP contribution >= 0.6 is 0 Å². The minimum atomic E-state index is -0.903. The van der Waals surface area contributed by atoms with E-state index in [2.05, 4.69) is 33.4 Å². The molecule has 2 aromatic rings. The van der Waals surface area contributed by atoms with Crippen LogP contribution in [0, 0.1) is 0 Å². The van der Waals surface area contributed by atoms with Gasteiger partial charge in [-0.3, -0.25) is 15.2 Å². The van der Waals surface area contributed by atoms with Crippen LogP contribution in [0.5, 0.6) is 0 Å². The zero-order valence-electron chi connectivity index (χ0n) is 17.1. The molecular formula is C21H28FN7O. The van der Waals surface area contributed by atoms with Crippen molar-refractivity contribution < 1.29 is 9.18 Å². The molecule has 5 heterocycles. The molecule has 1 amide bonds. The highest BCUT2D eigenvalue weighted by Crippen LogP contribution is 2.37. The summed E-state index contributed by atoms with van der Waals surface area (Å²) in [5.41, 5.74) is 7.33. The number of nitrogens with zero attached hydrogens (tertiary/aromatic N) is 3. The number of anilines is 2. The third-order valence-electron chi connectivity index (χ3n) is 6.49. The molecule has 3 unspecified atom stereocenters. The molecule has 160 valence electrons. The van der Waals surface area contributed by atoms with Crippen LogP contribution in [0.3, 0.4) is 0 Å². The van der Waals surface area contributed by atoms with Crippen molar-refractivity contribution >= 4 is 28.4 Å². The Kier molecular flexibility index (Phi) is 5.16. The zero-order chi connectivity index (χ0) is 20.7. The molecule has 8 nitrogen and oxygen atoms in total. The van der Waals surface area contributed by atoms with E-state index in [4.69, 9.17) is 4.98 Å². The molecule has 4 N–H and O–H groups in total. The van der Waals surface area contributed by atoms with Crippen LogP contribution in [0.4, 0.5) is 16.0 Å². The van der Waals surface area contributed by atoms with E-state index in [9.17, 15) is 9.18 Å². The number of aromatic nitrogens is 2. The molecule has 3 aliphatic heterocycles. The molecule has 2 bridgehead atoms. The first-order valence-electron chi connectivity index (χ1n) is 10.8. The van der Waals surface area contributed by atoms with Crippen molar-refractivity contribution in [2.24, 2.45) is 0 Å². The second-order valence-electron chi connectivity index (χ2n) is 8.68. The van der Waals surface area contributed by atoms with Crippen LogP contribution in [-0.2, 0) is 4.79 Å². The van der Waals surface area contributed by atoms with Gasteiger partial charge in [-0.2, -0.15) is 0 Å². The van der Waals surface area contributed by atoms with E-state index in [1.54, 1.807) is 11.1 Å². The predicted octanol–water partition coefficient (Wildman–Crippen LogP) is 2.16. The highest BCUT2D eigenvalue weighted by atomic mass is 19.1. The number of carbonyl (C=O) groups excluding carboxylic acids is 1. The fraction of sp³-hybridized carbons (Fsp3) is 0.571. The molecule has 3 saturated heterocycles. The predicted molar refractivity (Wildman–Crippen MR) is 114 cm³/mol. The van der Waals surface area contributed by atoms with Gasteiger partial charge in [-0.1, -0.05) is 0 Å². The van der Waals surface area contributed by atoms with Gasteiger partial charge < -0.3 is 15.5 Å². The number of hydrogen-bond donors (Lipinski definition) is 4. The SMILES string of the molecule is CC1CC(Nc2cc3ncccc3c(NC3C[C@H]4CC[C@@H](C3)N4C(=O)CF)n2)NN1. The van der Waals surface area contributed by atoms with Gasteiger partial charge >= 0.3 is 0 Å². The summed E-state index contributed by atoms with van der Waals surface area (Å²) in [6.45, 7) is 1.23. The van der Waals surface area contributed by atoms with E-state index in [0.717, 1.165) is 54.6 Å². The number of carbonyl (C=O) groups is 1. The fourth-order valence-electron chi connectivity index (χ4n) is 5.21. The number of nitrogens with one attached hydrogen (secondary N) is 4. The summed E-state index contributed by atoms with van der Waals surface area (Å²) in [6.07, 6.45) is 6.37. The Hall–Kier alpha value is -2.52. The van der Waals surface area contributed by atoms with Gasteiger partial charge in [0.2, 0.25) is 0 Å². The lowest BCUT2D eigenvalue weighted by molar-refractivity contribution is -0.136. The monoisotopic (exact) mass is 413 g/mol. The number of halogens is 1. The van der Waals surface area contributed by atoms with E-state index in [-0.39, 0.29) is 30.2 Å². The minimum absolute atomic E-state index is 0.104. The number of piperidine rings is 1. The fourth-order valence-corrected chi connectivity index (χ4v) is 5.21. The first-order chi connectivity index (χ1) is 14.6. The summed E-state index contributed by atoms with van der Waals surface area (Å²) in [5.74, 6) is 1.20. The van der Waals surface area contributed by atoms with Crippen LogP contribution in [0.2, 0.25) is 0 Å². The third kappa shape index (κ3) is 3.67. The molecule has 0 spiro atoms. The molecule has 2 aromatic heterocycles. The summed E-state index contributed by atoms with van der Waals surface area (Å²) in [7, 11) is 0. The summed E-state index contributed by atoms with van der Waals surface area (Å²) >= 11 is 0. The first kappa shape index (κ1) is 19.4. The van der Waals surface area contributed by atoms with Gasteiger partial charge in [-0.05, 0) is 51.2 Å². The third-order valence-corrected chi connectivity index (χ3v) is 6.49. The van der Waals surface area contributed by atoms with Gasteiger partial charge in [-0.15, -0.1) is 0 Å². The Bertz CT molecular complexity index is 927.